The molecule has 3 aromatic rings. The third kappa shape index (κ3) is 2.76. The molecule has 9 heteroatoms. The van der Waals surface area contributed by atoms with Gasteiger partial charge in [0.25, 0.3) is 0 Å². The van der Waals surface area contributed by atoms with Crippen molar-refractivity contribution in [2.75, 3.05) is 6.61 Å². The molecule has 0 fully saturated rings. The van der Waals surface area contributed by atoms with Crippen molar-refractivity contribution in [2.24, 2.45) is 0 Å². The van der Waals surface area contributed by atoms with Crippen LogP contribution in [0.1, 0.15) is 24.1 Å². The second kappa shape index (κ2) is 6.60. The molecule has 2 heterocycles. The first-order valence-electron chi connectivity index (χ1n) is 7.37. The number of rotatable bonds is 5. The maximum atomic E-state index is 14.6. The zero-order valence-electron chi connectivity index (χ0n) is 13.1. The number of benzene rings is 1. The Bertz CT molecular complexity index is 874. The van der Waals surface area contributed by atoms with Gasteiger partial charge in [0.05, 0.1) is 18.5 Å². The van der Waals surface area contributed by atoms with Crippen LogP contribution in [-0.4, -0.2) is 36.4 Å². The number of hydrogen-bond acceptors (Lipinski definition) is 5. The lowest BCUT2D eigenvalue weighted by Crippen LogP contribution is -2.45. The van der Waals surface area contributed by atoms with Gasteiger partial charge in [-0.2, -0.15) is 5.10 Å². The lowest BCUT2D eigenvalue weighted by molar-refractivity contribution is 0.124. The molecule has 0 bridgehead atoms. The van der Waals surface area contributed by atoms with Crippen LogP contribution in [0, 0.1) is 17.5 Å². The molecule has 0 amide bonds. The van der Waals surface area contributed by atoms with Crippen LogP contribution < -0.4 is 0 Å². The molecule has 25 heavy (non-hydrogen) atoms. The van der Waals surface area contributed by atoms with Crippen molar-refractivity contribution in [3.8, 4) is 0 Å². The Balaban J connectivity index is 2.28. The summed E-state index contributed by atoms with van der Waals surface area (Å²) in [5, 5.41) is 14.2. The van der Waals surface area contributed by atoms with Crippen LogP contribution in [0.2, 0.25) is 0 Å². The van der Waals surface area contributed by atoms with E-state index in [1.807, 2.05) is 0 Å². The number of aliphatic hydroxyl groups excluding tert-OH is 1. The summed E-state index contributed by atoms with van der Waals surface area (Å²) < 4.78 is 43.4. The Morgan fingerprint density at radius 2 is 1.96 bits per heavy atom. The molecule has 0 aliphatic heterocycles. The zero-order chi connectivity index (χ0) is 18.0. The number of nitrogens with zero attached hydrogens (tertiary/aromatic N) is 5. The highest BCUT2D eigenvalue weighted by Crippen LogP contribution is 2.40. The fraction of sp³-hybridized carbons (Fsp3) is 0.250. The van der Waals surface area contributed by atoms with Crippen molar-refractivity contribution in [2.45, 2.75) is 18.4 Å². The van der Waals surface area contributed by atoms with Gasteiger partial charge in [-0.25, -0.2) is 32.8 Å². The topological polar surface area (TPSA) is 76.7 Å². The molecule has 0 aliphatic rings. The number of aliphatic hydroxyl groups is 1. The van der Waals surface area contributed by atoms with Gasteiger partial charge < -0.3 is 5.11 Å². The largest absolute Gasteiger partial charge is 0.393 e. The van der Waals surface area contributed by atoms with Crippen molar-refractivity contribution in [1.29, 1.82) is 0 Å². The average molecular weight is 349 g/mol. The number of halogens is 3. The lowest BCUT2D eigenvalue weighted by atomic mass is 9.77. The smallest absolute Gasteiger partial charge is 0.163 e. The zero-order valence-corrected chi connectivity index (χ0v) is 13.1. The van der Waals surface area contributed by atoms with Crippen LogP contribution in [0.5, 0.6) is 0 Å². The van der Waals surface area contributed by atoms with Gasteiger partial charge in [0.15, 0.2) is 5.82 Å². The third-order valence-electron chi connectivity index (χ3n) is 4.29. The summed E-state index contributed by atoms with van der Waals surface area (Å²) in [6, 6.07) is 2.95. The first kappa shape index (κ1) is 17.0. The Labute approximate surface area is 141 Å². The molecule has 2 unspecified atom stereocenters. The molecule has 0 saturated carbocycles. The van der Waals surface area contributed by atoms with E-state index >= 15 is 0 Å². The summed E-state index contributed by atoms with van der Waals surface area (Å²) in [5.41, 5.74) is -1.68. The predicted molar refractivity (Wildman–Crippen MR) is 80.9 cm³/mol. The summed E-state index contributed by atoms with van der Waals surface area (Å²) >= 11 is 0. The van der Waals surface area contributed by atoms with Crippen molar-refractivity contribution >= 4 is 0 Å². The maximum Gasteiger partial charge on any atom is 0.163 e. The summed E-state index contributed by atoms with van der Waals surface area (Å²) in [6.07, 6.45) is 4.60. The summed E-state index contributed by atoms with van der Waals surface area (Å²) in [5.74, 6) is -3.25. The standard InChI is InChI=1S/C16H14F3N5O/c1-10(15-14(19)5-20-7-22-15)16(6-25,24-9-21-8-23-24)12-3-2-11(17)4-13(12)18/h2-5,7-10,25H,6H2,1H3. The minimum Gasteiger partial charge on any atom is -0.393 e. The first-order valence-corrected chi connectivity index (χ1v) is 7.37. The second-order valence-corrected chi connectivity index (χ2v) is 5.52. The predicted octanol–water partition coefficient (Wildman–Crippen LogP) is 2.02. The summed E-state index contributed by atoms with van der Waals surface area (Å²) in [7, 11) is 0. The van der Waals surface area contributed by atoms with Gasteiger partial charge in [-0.15, -0.1) is 0 Å². The minimum atomic E-state index is -1.58. The minimum absolute atomic E-state index is 0.0386. The maximum absolute atomic E-state index is 14.6. The summed E-state index contributed by atoms with van der Waals surface area (Å²) in [6.45, 7) is 0.912. The van der Waals surface area contributed by atoms with Crippen molar-refractivity contribution < 1.29 is 18.3 Å². The van der Waals surface area contributed by atoms with E-state index in [0.717, 1.165) is 18.6 Å². The Morgan fingerprint density at radius 3 is 2.56 bits per heavy atom. The Hall–Kier alpha value is -2.81. The molecule has 3 rings (SSSR count). The first-order chi connectivity index (χ1) is 12.0. The van der Waals surface area contributed by atoms with Gasteiger partial charge in [-0.3, -0.25) is 0 Å². The van der Waals surface area contributed by atoms with Gasteiger partial charge >= 0.3 is 0 Å². The van der Waals surface area contributed by atoms with Gasteiger partial charge in [-0.05, 0) is 6.07 Å². The van der Waals surface area contributed by atoms with Gasteiger partial charge in [0.1, 0.15) is 36.2 Å². The SMILES string of the molecule is CC(c1ncncc1F)C(CO)(c1ccc(F)cc1F)n1cncn1. The molecule has 0 radical (unpaired) electrons. The van der Waals surface area contributed by atoms with Crippen molar-refractivity contribution in [3.63, 3.8) is 0 Å². The van der Waals surface area contributed by atoms with Crippen LogP contribution in [0.3, 0.4) is 0 Å². The number of aromatic nitrogens is 5. The van der Waals surface area contributed by atoms with Crippen LogP contribution in [0.15, 0.2) is 43.4 Å². The lowest BCUT2D eigenvalue weighted by Gasteiger charge is -2.38. The molecule has 6 nitrogen and oxygen atoms in total. The molecule has 0 spiro atoms. The van der Waals surface area contributed by atoms with Gasteiger partial charge in [-0.1, -0.05) is 13.0 Å². The molecular formula is C16H14F3N5O. The fourth-order valence-electron chi connectivity index (χ4n) is 2.97. The molecule has 1 aromatic carbocycles. The number of hydrogen-bond donors (Lipinski definition) is 1. The highest BCUT2D eigenvalue weighted by atomic mass is 19.1. The van der Waals surface area contributed by atoms with E-state index in [4.69, 9.17) is 0 Å². The van der Waals surface area contributed by atoms with E-state index < -0.39 is 35.5 Å². The van der Waals surface area contributed by atoms with Crippen LogP contribution in [-0.2, 0) is 5.54 Å². The normalized spacial score (nSPS) is 14.9. The van der Waals surface area contributed by atoms with E-state index in [2.05, 4.69) is 20.1 Å². The van der Waals surface area contributed by atoms with Crippen molar-refractivity contribution in [1.82, 2.24) is 24.7 Å². The van der Waals surface area contributed by atoms with Crippen LogP contribution in [0.25, 0.3) is 0 Å². The molecule has 1 N–H and O–H groups in total. The fourth-order valence-corrected chi connectivity index (χ4v) is 2.97. The van der Waals surface area contributed by atoms with E-state index in [0.29, 0.717) is 6.07 Å². The average Bonchev–Trinajstić information content (AvgIpc) is 3.12. The molecule has 2 aromatic heterocycles. The van der Waals surface area contributed by atoms with E-state index in [-0.39, 0.29) is 11.3 Å². The quantitative estimate of drug-likeness (QED) is 0.763. The third-order valence-corrected chi connectivity index (χ3v) is 4.29. The summed E-state index contributed by atoms with van der Waals surface area (Å²) in [4.78, 5) is 11.3. The van der Waals surface area contributed by atoms with E-state index in [1.165, 1.54) is 23.4 Å². The Morgan fingerprint density at radius 1 is 1.16 bits per heavy atom. The van der Waals surface area contributed by atoms with E-state index in [1.54, 1.807) is 6.92 Å². The van der Waals surface area contributed by atoms with Gasteiger partial charge in [0, 0.05) is 17.5 Å². The van der Waals surface area contributed by atoms with Crippen LogP contribution >= 0.6 is 0 Å². The Kier molecular flexibility index (Phi) is 4.49. The molecule has 130 valence electrons. The van der Waals surface area contributed by atoms with E-state index in [9.17, 15) is 18.3 Å². The monoisotopic (exact) mass is 349 g/mol. The highest BCUT2D eigenvalue weighted by molar-refractivity contribution is 5.33. The molecule has 2 atom stereocenters. The molecule has 0 saturated heterocycles. The highest BCUT2D eigenvalue weighted by Gasteiger charge is 2.45. The van der Waals surface area contributed by atoms with Gasteiger partial charge in [0.2, 0.25) is 0 Å². The van der Waals surface area contributed by atoms with Crippen LogP contribution in [0.4, 0.5) is 13.2 Å². The molecular weight excluding hydrogens is 335 g/mol. The second-order valence-electron chi connectivity index (χ2n) is 5.52. The van der Waals surface area contributed by atoms with Crippen molar-refractivity contribution in [3.05, 3.63) is 72.1 Å². The molecule has 0 aliphatic carbocycles.